The number of nitrogens with two attached hydrogens (primary N) is 1. The molecule has 3 N–H and O–H groups in total. The van der Waals surface area contributed by atoms with E-state index < -0.39 is 30.0 Å². The van der Waals surface area contributed by atoms with Gasteiger partial charge in [-0.1, -0.05) is 6.92 Å². The van der Waals surface area contributed by atoms with Crippen molar-refractivity contribution in [1.82, 2.24) is 9.55 Å². The zero-order valence-corrected chi connectivity index (χ0v) is 9.59. The average Bonchev–Trinajstić information content (AvgIpc) is 2.52. The predicted octanol–water partition coefficient (Wildman–Crippen LogP) is 0.129. The number of hydrogen-bond donors (Lipinski definition) is 2. The Hall–Kier alpha value is -1.54. The molecule has 1 unspecified atom stereocenters. The third-order valence-corrected chi connectivity index (χ3v) is 2.89. The molecule has 1 aromatic rings. The van der Waals surface area contributed by atoms with Gasteiger partial charge >= 0.3 is 11.6 Å². The molecule has 18 heavy (non-hydrogen) atoms. The molecule has 1 aromatic heterocycles. The molecule has 0 amide bonds. The fourth-order valence-corrected chi connectivity index (χ4v) is 1.90. The van der Waals surface area contributed by atoms with Crippen molar-refractivity contribution in [1.29, 1.82) is 0 Å². The molecule has 0 aliphatic carbocycles. The van der Waals surface area contributed by atoms with E-state index in [0.29, 0.717) is 4.57 Å². The highest BCUT2D eigenvalue weighted by atomic mass is 19.3. The minimum atomic E-state index is -3.55. The number of anilines is 1. The molecule has 1 fully saturated rings. The topological polar surface area (TPSA) is 90.4 Å². The van der Waals surface area contributed by atoms with E-state index in [0.717, 1.165) is 6.20 Å². The zero-order chi connectivity index (χ0) is 13.5. The van der Waals surface area contributed by atoms with Crippen LogP contribution >= 0.6 is 0 Å². The van der Waals surface area contributed by atoms with Crippen LogP contribution in [0.4, 0.5) is 14.6 Å². The number of hydrogen-bond acceptors (Lipinski definition) is 5. The Morgan fingerprint density at radius 1 is 1.67 bits per heavy atom. The van der Waals surface area contributed by atoms with Gasteiger partial charge in [-0.25, -0.2) is 4.79 Å². The van der Waals surface area contributed by atoms with E-state index in [1.54, 1.807) is 6.92 Å². The van der Waals surface area contributed by atoms with Crippen LogP contribution in [0.1, 0.15) is 19.6 Å². The van der Waals surface area contributed by atoms with Crippen molar-refractivity contribution in [2.24, 2.45) is 0 Å². The summed E-state index contributed by atoms with van der Waals surface area (Å²) in [5, 5.41) is 9.46. The van der Waals surface area contributed by atoms with E-state index in [9.17, 15) is 18.7 Å². The summed E-state index contributed by atoms with van der Waals surface area (Å²) >= 11 is 0. The van der Waals surface area contributed by atoms with Crippen LogP contribution in [0.5, 0.6) is 0 Å². The monoisotopic (exact) mass is 261 g/mol. The summed E-state index contributed by atoms with van der Waals surface area (Å²) in [5.74, 6) is -3.62. The Morgan fingerprint density at radius 2 is 2.33 bits per heavy atom. The fourth-order valence-electron chi connectivity index (χ4n) is 1.90. The van der Waals surface area contributed by atoms with Gasteiger partial charge in [-0.05, 0) is 12.5 Å². The quantitative estimate of drug-likeness (QED) is 0.789. The minimum Gasteiger partial charge on any atom is -0.384 e. The smallest absolute Gasteiger partial charge is 0.351 e. The Bertz CT molecular complexity index is 505. The summed E-state index contributed by atoms with van der Waals surface area (Å²) < 4.78 is 33.3. The lowest BCUT2D eigenvalue weighted by Gasteiger charge is -2.20. The Balaban J connectivity index is 2.42. The molecule has 8 heteroatoms. The number of alkyl halides is 2. The molecule has 1 aliphatic rings. The highest BCUT2D eigenvalue weighted by Gasteiger charge is 2.59. The number of aliphatic hydroxyl groups is 1. The molecule has 1 saturated heterocycles. The van der Waals surface area contributed by atoms with Gasteiger partial charge in [0.15, 0.2) is 0 Å². The van der Waals surface area contributed by atoms with Crippen molar-refractivity contribution in [2.45, 2.75) is 37.7 Å². The van der Waals surface area contributed by atoms with Crippen LogP contribution in [-0.4, -0.2) is 32.8 Å². The highest BCUT2D eigenvalue weighted by molar-refractivity contribution is 5.23. The van der Waals surface area contributed by atoms with Crippen molar-refractivity contribution in [3.63, 3.8) is 0 Å². The molecular formula is C10H13F2N3O3. The van der Waals surface area contributed by atoms with Crippen LogP contribution in [0.15, 0.2) is 17.1 Å². The normalized spacial score (nSPS) is 30.6. The van der Waals surface area contributed by atoms with Gasteiger partial charge in [0.2, 0.25) is 6.23 Å². The first-order valence-corrected chi connectivity index (χ1v) is 5.44. The first-order chi connectivity index (χ1) is 8.37. The summed E-state index contributed by atoms with van der Waals surface area (Å²) in [4.78, 5) is 14.8. The molecule has 2 rings (SSSR count). The number of ether oxygens (including phenoxy) is 1. The SMILES string of the molecule is CC[C@H]1O[C@@H](n2ccc(N)nc2=O)C(F)(F)C1O. The largest absolute Gasteiger partial charge is 0.384 e. The minimum absolute atomic E-state index is 0.0647. The number of aromatic nitrogens is 2. The number of nitrogens with zero attached hydrogens (tertiary/aromatic N) is 2. The van der Waals surface area contributed by atoms with E-state index in [-0.39, 0.29) is 12.2 Å². The van der Waals surface area contributed by atoms with Crippen LogP contribution in [-0.2, 0) is 4.74 Å². The maximum Gasteiger partial charge on any atom is 0.351 e. The molecule has 2 heterocycles. The molecule has 0 radical (unpaired) electrons. The Morgan fingerprint density at radius 3 is 2.83 bits per heavy atom. The second-order valence-corrected chi connectivity index (χ2v) is 4.10. The van der Waals surface area contributed by atoms with E-state index in [2.05, 4.69) is 4.98 Å². The maximum atomic E-state index is 13.8. The lowest BCUT2D eigenvalue weighted by molar-refractivity contribution is -0.140. The van der Waals surface area contributed by atoms with Crippen molar-refractivity contribution < 1.29 is 18.6 Å². The lowest BCUT2D eigenvalue weighted by atomic mass is 10.1. The summed E-state index contributed by atoms with van der Waals surface area (Å²) in [6.07, 6.45) is -3.54. The first kappa shape index (κ1) is 12.9. The molecule has 6 nitrogen and oxygen atoms in total. The van der Waals surface area contributed by atoms with Gasteiger partial charge in [0, 0.05) is 6.20 Å². The molecule has 0 bridgehead atoms. The summed E-state index contributed by atoms with van der Waals surface area (Å²) in [5.41, 5.74) is 4.33. The van der Waals surface area contributed by atoms with Crippen molar-refractivity contribution in [2.75, 3.05) is 5.73 Å². The van der Waals surface area contributed by atoms with Gasteiger partial charge in [0.25, 0.3) is 0 Å². The van der Waals surface area contributed by atoms with E-state index in [1.165, 1.54) is 6.07 Å². The van der Waals surface area contributed by atoms with E-state index >= 15 is 0 Å². The van der Waals surface area contributed by atoms with Gasteiger partial charge in [-0.15, -0.1) is 0 Å². The van der Waals surface area contributed by atoms with Crippen LogP contribution < -0.4 is 11.4 Å². The second-order valence-electron chi connectivity index (χ2n) is 4.10. The highest BCUT2D eigenvalue weighted by Crippen LogP contribution is 2.42. The third kappa shape index (κ3) is 1.87. The van der Waals surface area contributed by atoms with Crippen LogP contribution in [0, 0.1) is 0 Å². The molecule has 3 atom stereocenters. The molecule has 0 spiro atoms. The maximum absolute atomic E-state index is 13.8. The fraction of sp³-hybridized carbons (Fsp3) is 0.600. The molecule has 0 saturated carbocycles. The van der Waals surface area contributed by atoms with Gasteiger partial charge in [0.1, 0.15) is 11.9 Å². The summed E-state index contributed by atoms with van der Waals surface area (Å²) in [6.45, 7) is 1.61. The van der Waals surface area contributed by atoms with Crippen molar-refractivity contribution in [3.8, 4) is 0 Å². The van der Waals surface area contributed by atoms with Crippen LogP contribution in [0.25, 0.3) is 0 Å². The summed E-state index contributed by atoms with van der Waals surface area (Å²) in [6, 6.07) is 1.21. The van der Waals surface area contributed by atoms with Crippen molar-refractivity contribution in [3.05, 3.63) is 22.7 Å². The molecule has 100 valence electrons. The average molecular weight is 261 g/mol. The Kier molecular flexibility index (Phi) is 3.07. The zero-order valence-electron chi connectivity index (χ0n) is 9.59. The lowest BCUT2D eigenvalue weighted by Crippen LogP contribution is -2.41. The van der Waals surface area contributed by atoms with Gasteiger partial charge < -0.3 is 15.6 Å². The van der Waals surface area contributed by atoms with Gasteiger partial charge in [-0.2, -0.15) is 13.8 Å². The second kappa shape index (κ2) is 4.29. The van der Waals surface area contributed by atoms with Crippen LogP contribution in [0.3, 0.4) is 0 Å². The number of rotatable bonds is 2. The Labute approximate surface area is 101 Å². The number of halogens is 2. The molecule has 1 aliphatic heterocycles. The number of nitrogen functional groups attached to an aromatic ring is 1. The third-order valence-electron chi connectivity index (χ3n) is 2.89. The first-order valence-electron chi connectivity index (χ1n) is 5.44. The van der Waals surface area contributed by atoms with E-state index in [1.807, 2.05) is 0 Å². The van der Waals surface area contributed by atoms with Gasteiger partial charge in [-0.3, -0.25) is 4.57 Å². The standard InChI is InChI=1S/C10H13F2N3O3/c1-2-5-7(16)10(11,12)8(18-5)15-4-3-6(13)14-9(15)17/h3-5,7-8,16H,2H2,1H3,(H2,13,14,17)/t5-,7?,8-/m1/s1. The van der Waals surface area contributed by atoms with Crippen molar-refractivity contribution >= 4 is 5.82 Å². The number of aliphatic hydroxyl groups excluding tert-OH is 1. The summed E-state index contributed by atoms with van der Waals surface area (Å²) in [7, 11) is 0. The molecule has 0 aromatic carbocycles. The van der Waals surface area contributed by atoms with Crippen LogP contribution in [0.2, 0.25) is 0 Å². The molecular weight excluding hydrogens is 248 g/mol. The van der Waals surface area contributed by atoms with E-state index in [4.69, 9.17) is 10.5 Å². The van der Waals surface area contributed by atoms with Gasteiger partial charge in [0.05, 0.1) is 6.10 Å². The predicted molar refractivity (Wildman–Crippen MR) is 58.1 cm³/mol.